The fourth-order valence-electron chi connectivity index (χ4n) is 2.37. The summed E-state index contributed by atoms with van der Waals surface area (Å²) in [6, 6.07) is 10.3. The minimum absolute atomic E-state index is 0.544. The van der Waals surface area contributed by atoms with Gasteiger partial charge in [-0.15, -0.1) is 0 Å². The van der Waals surface area contributed by atoms with Crippen LogP contribution in [0.3, 0.4) is 0 Å². The molecule has 1 aliphatic rings. The van der Waals surface area contributed by atoms with E-state index in [9.17, 15) is 4.79 Å². The van der Waals surface area contributed by atoms with Crippen molar-refractivity contribution < 1.29 is 9.59 Å². The van der Waals surface area contributed by atoms with Gasteiger partial charge in [0.05, 0.1) is 6.20 Å². The van der Waals surface area contributed by atoms with Crippen molar-refractivity contribution in [1.82, 2.24) is 9.38 Å². The van der Waals surface area contributed by atoms with E-state index in [1.807, 2.05) is 29.8 Å². The van der Waals surface area contributed by atoms with Gasteiger partial charge >= 0.3 is 0 Å². The van der Waals surface area contributed by atoms with Gasteiger partial charge in [0, 0.05) is 18.9 Å². The van der Waals surface area contributed by atoms with Gasteiger partial charge in [0.2, 0.25) is 6.41 Å². The third kappa shape index (κ3) is 5.95. The molecule has 1 amide bonds. The maximum absolute atomic E-state index is 10.5. The Morgan fingerprint density at radius 2 is 1.78 bits per heavy atom. The van der Waals surface area contributed by atoms with Crippen LogP contribution in [0.4, 0.5) is 11.5 Å². The van der Waals surface area contributed by atoms with Crippen molar-refractivity contribution in [3.63, 3.8) is 0 Å². The third-order valence-electron chi connectivity index (χ3n) is 3.85. The van der Waals surface area contributed by atoms with E-state index in [0.29, 0.717) is 12.2 Å². The highest BCUT2D eigenvalue weighted by Gasteiger charge is 2.06. The van der Waals surface area contributed by atoms with E-state index < -0.39 is 0 Å². The SMILES string of the molecule is C1CC1.CC=O.CNc1ccc(C)c(-c2ccc3nc(NC=O)cn3c2)c1. The quantitative estimate of drug-likeness (QED) is 0.675. The van der Waals surface area contributed by atoms with Crippen LogP contribution in [0.25, 0.3) is 16.8 Å². The third-order valence-corrected chi connectivity index (χ3v) is 3.85. The van der Waals surface area contributed by atoms with Gasteiger partial charge in [-0.25, -0.2) is 4.98 Å². The monoisotopic (exact) mass is 366 g/mol. The summed E-state index contributed by atoms with van der Waals surface area (Å²) in [7, 11) is 1.91. The van der Waals surface area contributed by atoms with Crippen LogP contribution in [0, 0.1) is 6.92 Å². The van der Waals surface area contributed by atoms with Crippen molar-refractivity contribution in [3.05, 3.63) is 48.3 Å². The molecule has 1 aliphatic carbocycles. The minimum Gasteiger partial charge on any atom is -0.388 e. The zero-order chi connectivity index (χ0) is 19.6. The van der Waals surface area contributed by atoms with Crippen LogP contribution in [-0.2, 0) is 9.59 Å². The number of pyridine rings is 1. The average Bonchev–Trinajstić information content (AvgIpc) is 3.49. The van der Waals surface area contributed by atoms with Crippen molar-refractivity contribution in [2.45, 2.75) is 33.1 Å². The summed E-state index contributed by atoms with van der Waals surface area (Å²) in [5.41, 5.74) is 5.35. The van der Waals surface area contributed by atoms with Gasteiger partial charge < -0.3 is 19.8 Å². The van der Waals surface area contributed by atoms with Crippen molar-refractivity contribution in [2.75, 3.05) is 17.7 Å². The lowest BCUT2D eigenvalue weighted by Crippen LogP contribution is -1.92. The fraction of sp³-hybridized carbons (Fsp3) is 0.286. The Morgan fingerprint density at radius 3 is 2.37 bits per heavy atom. The standard InChI is InChI=1S/C16H16N4O.C3H6.C2H4O/c1-11-3-5-13(17-2)7-14(11)12-4-6-16-19-15(18-10-21)9-20(16)8-12;1-2-3-1;1-2-3/h3-10,17H,1-2H3,(H,18,21);1-3H2;2H,1H3. The zero-order valence-corrected chi connectivity index (χ0v) is 16.0. The number of anilines is 2. The Bertz CT molecular complexity index is 898. The van der Waals surface area contributed by atoms with E-state index in [4.69, 9.17) is 4.79 Å². The van der Waals surface area contributed by atoms with Crippen LogP contribution in [0.15, 0.2) is 42.7 Å². The summed E-state index contributed by atoms with van der Waals surface area (Å²) in [6.07, 6.45) is 9.69. The van der Waals surface area contributed by atoms with Gasteiger partial charge in [-0.2, -0.15) is 0 Å². The summed E-state index contributed by atoms with van der Waals surface area (Å²) in [4.78, 5) is 23.6. The highest BCUT2D eigenvalue weighted by Crippen LogP contribution is 2.27. The number of aromatic nitrogens is 2. The normalized spacial score (nSPS) is 11.4. The molecule has 0 saturated heterocycles. The van der Waals surface area contributed by atoms with Crippen molar-refractivity contribution in [3.8, 4) is 11.1 Å². The molecule has 0 atom stereocenters. The number of benzene rings is 1. The van der Waals surface area contributed by atoms with Crippen molar-refractivity contribution >= 4 is 29.8 Å². The Kier molecular flexibility index (Phi) is 7.55. The highest BCUT2D eigenvalue weighted by molar-refractivity contribution is 5.74. The number of rotatable bonds is 4. The molecule has 1 fully saturated rings. The smallest absolute Gasteiger partial charge is 0.212 e. The molecule has 0 aliphatic heterocycles. The lowest BCUT2D eigenvalue weighted by Gasteiger charge is -2.09. The van der Waals surface area contributed by atoms with E-state index in [2.05, 4.69) is 40.7 Å². The maximum atomic E-state index is 10.5. The predicted molar refractivity (Wildman–Crippen MR) is 110 cm³/mol. The van der Waals surface area contributed by atoms with E-state index >= 15 is 0 Å². The Morgan fingerprint density at radius 1 is 1.07 bits per heavy atom. The first kappa shape index (κ1) is 20.2. The number of aryl methyl sites for hydroxylation is 1. The number of carbonyl (C=O) groups is 2. The number of imidazole rings is 1. The molecular weight excluding hydrogens is 340 g/mol. The number of hydrogen-bond acceptors (Lipinski definition) is 4. The van der Waals surface area contributed by atoms with E-state index in [1.54, 1.807) is 6.20 Å². The average molecular weight is 366 g/mol. The molecule has 1 saturated carbocycles. The van der Waals surface area contributed by atoms with Crippen molar-refractivity contribution in [2.24, 2.45) is 0 Å². The van der Waals surface area contributed by atoms with Gasteiger partial charge in [0.25, 0.3) is 0 Å². The van der Waals surface area contributed by atoms with Crippen LogP contribution in [-0.4, -0.2) is 29.1 Å². The molecule has 0 bridgehead atoms. The number of nitrogens with one attached hydrogen (secondary N) is 2. The van der Waals surface area contributed by atoms with Crippen LogP contribution >= 0.6 is 0 Å². The van der Waals surface area contributed by atoms with Crippen LogP contribution in [0.1, 0.15) is 31.7 Å². The van der Waals surface area contributed by atoms with Crippen molar-refractivity contribution in [1.29, 1.82) is 0 Å². The molecular formula is C21H26N4O2. The van der Waals surface area contributed by atoms with Gasteiger partial charge in [-0.1, -0.05) is 25.3 Å². The number of fused-ring (bicyclic) bond motifs is 1. The fourth-order valence-corrected chi connectivity index (χ4v) is 2.37. The van der Waals surface area contributed by atoms with E-state index in [0.717, 1.165) is 23.2 Å². The molecule has 2 aromatic heterocycles. The van der Waals surface area contributed by atoms with Crippen LogP contribution in [0.5, 0.6) is 0 Å². The summed E-state index contributed by atoms with van der Waals surface area (Å²) in [5, 5.41) is 5.72. The molecule has 142 valence electrons. The Balaban J connectivity index is 0.000000377. The molecule has 0 radical (unpaired) electrons. The molecule has 6 heteroatoms. The Hall–Kier alpha value is -3.15. The van der Waals surface area contributed by atoms with Gasteiger partial charge in [-0.3, -0.25) is 4.79 Å². The lowest BCUT2D eigenvalue weighted by atomic mass is 10.0. The molecule has 4 rings (SSSR count). The first-order valence-corrected chi connectivity index (χ1v) is 9.00. The number of amides is 1. The summed E-state index contributed by atoms with van der Waals surface area (Å²) < 4.78 is 1.91. The van der Waals surface area contributed by atoms with Gasteiger partial charge in [0.15, 0.2) is 5.82 Å². The van der Waals surface area contributed by atoms with Crippen LogP contribution in [0.2, 0.25) is 0 Å². The molecule has 6 nitrogen and oxygen atoms in total. The van der Waals surface area contributed by atoms with Gasteiger partial charge in [0.1, 0.15) is 11.9 Å². The summed E-state index contributed by atoms with van der Waals surface area (Å²) in [6.45, 7) is 3.53. The summed E-state index contributed by atoms with van der Waals surface area (Å²) >= 11 is 0. The minimum atomic E-state index is 0.544. The number of nitrogens with zero attached hydrogens (tertiary/aromatic N) is 2. The zero-order valence-electron chi connectivity index (χ0n) is 16.0. The largest absolute Gasteiger partial charge is 0.388 e. The number of aldehydes is 1. The highest BCUT2D eigenvalue weighted by atomic mass is 16.1. The van der Waals surface area contributed by atoms with E-state index in [-0.39, 0.29) is 0 Å². The van der Waals surface area contributed by atoms with E-state index in [1.165, 1.54) is 37.3 Å². The molecule has 0 unspecified atom stereocenters. The molecule has 1 aromatic carbocycles. The molecule has 2 N–H and O–H groups in total. The predicted octanol–water partition coefficient (Wildman–Crippen LogP) is 4.30. The number of hydrogen-bond donors (Lipinski definition) is 2. The summed E-state index contributed by atoms with van der Waals surface area (Å²) in [5.74, 6) is 0.544. The lowest BCUT2D eigenvalue weighted by molar-refractivity contribution is -0.106. The molecule has 3 aromatic rings. The van der Waals surface area contributed by atoms with Gasteiger partial charge in [-0.05, 0) is 54.8 Å². The topological polar surface area (TPSA) is 75.5 Å². The Labute approximate surface area is 159 Å². The molecule has 0 spiro atoms. The second-order valence-electron chi connectivity index (χ2n) is 6.15. The second kappa shape index (κ2) is 10.1. The first-order valence-electron chi connectivity index (χ1n) is 9.00. The van der Waals surface area contributed by atoms with Crippen LogP contribution < -0.4 is 10.6 Å². The molecule has 27 heavy (non-hydrogen) atoms. The molecule has 2 heterocycles. The maximum Gasteiger partial charge on any atom is 0.212 e. The first-order chi connectivity index (χ1) is 13.1. The number of carbonyl (C=O) groups excluding carboxylic acids is 2. The second-order valence-corrected chi connectivity index (χ2v) is 6.15.